The highest BCUT2D eigenvalue weighted by atomic mass is 32.2. The van der Waals surface area contributed by atoms with Gasteiger partial charge in [-0.1, -0.05) is 12.1 Å². The quantitative estimate of drug-likeness (QED) is 0.530. The molecule has 1 unspecified atom stereocenters. The molecule has 3 rings (SSSR count). The highest BCUT2D eigenvalue weighted by Crippen LogP contribution is 2.38. The van der Waals surface area contributed by atoms with Gasteiger partial charge in [-0.2, -0.15) is 0 Å². The number of hydrogen-bond donors (Lipinski definition) is 0. The zero-order chi connectivity index (χ0) is 17.7. The highest BCUT2D eigenvalue weighted by Gasteiger charge is 2.26. The summed E-state index contributed by atoms with van der Waals surface area (Å²) < 4.78 is 28.2. The van der Waals surface area contributed by atoms with Crippen LogP contribution >= 0.6 is 11.8 Å². The summed E-state index contributed by atoms with van der Waals surface area (Å²) in [6.45, 7) is 2.99. The number of aryl methyl sites for hydroxylation is 1. The van der Waals surface area contributed by atoms with E-state index in [1.54, 1.807) is 24.3 Å². The fourth-order valence-electron chi connectivity index (χ4n) is 2.78. The van der Waals surface area contributed by atoms with E-state index in [4.69, 9.17) is 0 Å². The molecule has 0 radical (unpaired) electrons. The van der Waals surface area contributed by atoms with Gasteiger partial charge in [0, 0.05) is 28.6 Å². The lowest BCUT2D eigenvalue weighted by molar-refractivity contribution is 0.495. The van der Waals surface area contributed by atoms with Crippen LogP contribution in [-0.4, -0.2) is 14.3 Å². The second-order valence-corrected chi connectivity index (χ2v) is 8.03. The predicted octanol–water partition coefficient (Wildman–Crippen LogP) is 5.35. The molecule has 130 valence electrons. The van der Waals surface area contributed by atoms with Crippen LogP contribution in [0.25, 0.3) is 0 Å². The molecule has 0 N–H and O–H groups in total. The van der Waals surface area contributed by atoms with Gasteiger partial charge in [0.15, 0.2) is 0 Å². The molecular formula is C20H20F2N2S. The van der Waals surface area contributed by atoms with Crippen LogP contribution in [0.3, 0.4) is 0 Å². The fraction of sp³-hybridized carbons (Fsp3) is 0.250. The molecule has 2 nitrogen and oxygen atoms in total. The fourth-order valence-corrected chi connectivity index (χ4v) is 4.03. The largest absolute Gasteiger partial charge is 0.336 e. The first-order valence-electron chi connectivity index (χ1n) is 8.17. The van der Waals surface area contributed by atoms with Crippen LogP contribution in [0.1, 0.15) is 18.9 Å². The summed E-state index contributed by atoms with van der Waals surface area (Å²) in [7, 11) is 0. The molecule has 1 heterocycles. The van der Waals surface area contributed by atoms with E-state index in [0.29, 0.717) is 0 Å². The van der Waals surface area contributed by atoms with Gasteiger partial charge < -0.3 is 4.57 Å². The lowest BCUT2D eigenvalue weighted by Crippen LogP contribution is -2.27. The topological polar surface area (TPSA) is 17.8 Å². The molecule has 3 aromatic rings. The molecule has 0 fully saturated rings. The molecule has 0 spiro atoms. The number of hydrogen-bond acceptors (Lipinski definition) is 2. The molecule has 5 heteroatoms. The summed E-state index contributed by atoms with van der Waals surface area (Å²) in [6, 6.07) is 13.2. The average Bonchev–Trinajstić information content (AvgIpc) is 3.09. The lowest BCUT2D eigenvalue weighted by Gasteiger charge is -2.29. The number of halogens is 2. The van der Waals surface area contributed by atoms with Gasteiger partial charge in [-0.15, -0.1) is 11.8 Å². The number of aromatic nitrogens is 2. The normalized spacial score (nSPS) is 13.6. The van der Waals surface area contributed by atoms with E-state index >= 15 is 0 Å². The first kappa shape index (κ1) is 17.7. The van der Waals surface area contributed by atoms with E-state index in [1.807, 2.05) is 30.5 Å². The molecule has 0 amide bonds. The zero-order valence-electron chi connectivity index (χ0n) is 14.0. The standard InChI is InChI=1S/C20H20F2N2S/c1-20(14-24-13-12-23-15-24,25-19-8-6-18(22)7-9-19)11-10-16-2-4-17(21)5-3-16/h2-9,12-13,15H,10-11,14H2,1H3. The van der Waals surface area contributed by atoms with Crippen molar-refractivity contribution in [2.24, 2.45) is 0 Å². The summed E-state index contributed by atoms with van der Waals surface area (Å²) in [5, 5.41) is 0. The Morgan fingerprint density at radius 1 is 1.00 bits per heavy atom. The van der Waals surface area contributed by atoms with E-state index < -0.39 is 0 Å². The average molecular weight is 358 g/mol. The maximum Gasteiger partial charge on any atom is 0.123 e. The number of rotatable bonds is 7. The molecule has 0 aliphatic rings. The third-order valence-electron chi connectivity index (χ3n) is 4.11. The third-order valence-corrected chi connectivity index (χ3v) is 5.44. The number of thioether (sulfide) groups is 1. The Labute approximate surface area is 150 Å². The van der Waals surface area contributed by atoms with Gasteiger partial charge in [-0.05, 0) is 61.7 Å². The molecule has 0 saturated carbocycles. The SMILES string of the molecule is CC(CCc1ccc(F)cc1)(Cn1ccnc1)Sc1ccc(F)cc1. The Hall–Kier alpha value is -2.14. The van der Waals surface area contributed by atoms with Crippen molar-refractivity contribution in [3.8, 4) is 0 Å². The van der Waals surface area contributed by atoms with Crippen molar-refractivity contribution >= 4 is 11.8 Å². The first-order valence-corrected chi connectivity index (χ1v) is 8.99. The molecule has 1 aromatic heterocycles. The van der Waals surface area contributed by atoms with E-state index in [0.717, 1.165) is 29.8 Å². The Balaban J connectivity index is 1.75. The summed E-state index contributed by atoms with van der Waals surface area (Å²) in [5.41, 5.74) is 1.11. The van der Waals surface area contributed by atoms with Crippen molar-refractivity contribution in [2.45, 2.75) is 36.0 Å². The van der Waals surface area contributed by atoms with Gasteiger partial charge >= 0.3 is 0 Å². The summed E-state index contributed by atoms with van der Waals surface area (Å²) in [6.07, 6.45) is 7.27. The summed E-state index contributed by atoms with van der Waals surface area (Å²) >= 11 is 1.73. The second-order valence-electron chi connectivity index (χ2n) is 6.37. The molecule has 0 aliphatic heterocycles. The van der Waals surface area contributed by atoms with E-state index in [1.165, 1.54) is 24.3 Å². The third kappa shape index (κ3) is 5.16. The molecule has 25 heavy (non-hydrogen) atoms. The van der Waals surface area contributed by atoms with Gasteiger partial charge in [0.05, 0.1) is 6.33 Å². The second kappa shape index (κ2) is 7.83. The van der Waals surface area contributed by atoms with Crippen LogP contribution < -0.4 is 0 Å². The predicted molar refractivity (Wildman–Crippen MR) is 97.6 cm³/mol. The van der Waals surface area contributed by atoms with Crippen molar-refractivity contribution < 1.29 is 8.78 Å². The number of benzene rings is 2. The Bertz CT molecular complexity index is 786. The summed E-state index contributed by atoms with van der Waals surface area (Å²) in [5.74, 6) is -0.447. The highest BCUT2D eigenvalue weighted by molar-refractivity contribution is 8.00. The minimum Gasteiger partial charge on any atom is -0.336 e. The van der Waals surface area contributed by atoms with Crippen LogP contribution in [0, 0.1) is 11.6 Å². The van der Waals surface area contributed by atoms with Crippen molar-refractivity contribution in [3.05, 3.63) is 84.4 Å². The van der Waals surface area contributed by atoms with Gasteiger partial charge in [0.1, 0.15) is 11.6 Å². The van der Waals surface area contributed by atoms with E-state index in [9.17, 15) is 8.78 Å². The maximum atomic E-state index is 13.2. The molecular weight excluding hydrogens is 338 g/mol. The van der Waals surface area contributed by atoms with Crippen molar-refractivity contribution in [1.29, 1.82) is 0 Å². The number of nitrogens with zero attached hydrogens (tertiary/aromatic N) is 2. The lowest BCUT2D eigenvalue weighted by atomic mass is 10.00. The minimum absolute atomic E-state index is 0.104. The molecule has 0 bridgehead atoms. The van der Waals surface area contributed by atoms with E-state index in [2.05, 4.69) is 16.5 Å². The molecule has 1 atom stereocenters. The van der Waals surface area contributed by atoms with Crippen LogP contribution in [0.5, 0.6) is 0 Å². The van der Waals surface area contributed by atoms with Crippen LogP contribution in [0.15, 0.2) is 72.1 Å². The Kier molecular flexibility index (Phi) is 5.53. The van der Waals surface area contributed by atoms with Crippen molar-refractivity contribution in [3.63, 3.8) is 0 Å². The van der Waals surface area contributed by atoms with Crippen molar-refractivity contribution in [2.75, 3.05) is 0 Å². The van der Waals surface area contributed by atoms with Gasteiger partial charge in [-0.25, -0.2) is 13.8 Å². The Morgan fingerprint density at radius 3 is 2.24 bits per heavy atom. The van der Waals surface area contributed by atoms with Gasteiger partial charge in [0.2, 0.25) is 0 Å². The van der Waals surface area contributed by atoms with Crippen LogP contribution in [0.4, 0.5) is 8.78 Å². The smallest absolute Gasteiger partial charge is 0.123 e. The molecule has 2 aromatic carbocycles. The zero-order valence-corrected chi connectivity index (χ0v) is 14.8. The maximum absolute atomic E-state index is 13.2. The van der Waals surface area contributed by atoms with E-state index in [-0.39, 0.29) is 16.4 Å². The van der Waals surface area contributed by atoms with Gasteiger partial charge in [0.25, 0.3) is 0 Å². The monoisotopic (exact) mass is 358 g/mol. The van der Waals surface area contributed by atoms with Crippen molar-refractivity contribution in [1.82, 2.24) is 9.55 Å². The molecule has 0 aliphatic carbocycles. The summed E-state index contributed by atoms with van der Waals surface area (Å²) in [4.78, 5) is 5.15. The minimum atomic E-state index is -0.230. The van der Waals surface area contributed by atoms with Gasteiger partial charge in [-0.3, -0.25) is 0 Å². The Morgan fingerprint density at radius 2 is 1.64 bits per heavy atom. The van der Waals surface area contributed by atoms with Crippen LogP contribution in [0.2, 0.25) is 0 Å². The van der Waals surface area contributed by atoms with Crippen LogP contribution in [-0.2, 0) is 13.0 Å². The first-order chi connectivity index (χ1) is 12.0. The molecule has 0 saturated heterocycles. The number of imidazole rings is 1.